The van der Waals surface area contributed by atoms with Crippen molar-refractivity contribution < 1.29 is 9.53 Å². The van der Waals surface area contributed by atoms with Crippen LogP contribution in [0.5, 0.6) is 5.75 Å². The summed E-state index contributed by atoms with van der Waals surface area (Å²) in [5.74, 6) is 1.26. The molecule has 0 fully saturated rings. The monoisotopic (exact) mass is 446 g/mol. The van der Waals surface area contributed by atoms with Gasteiger partial charge in [0.1, 0.15) is 17.3 Å². The normalized spacial score (nSPS) is 12.0. The first kappa shape index (κ1) is 21.9. The van der Waals surface area contributed by atoms with Crippen molar-refractivity contribution in [1.29, 1.82) is 0 Å². The molecule has 0 spiro atoms. The van der Waals surface area contributed by atoms with Gasteiger partial charge in [-0.3, -0.25) is 9.36 Å². The maximum atomic E-state index is 13.4. The molecule has 0 saturated heterocycles. The number of fused-ring (bicyclic) bond motifs is 1. The van der Waals surface area contributed by atoms with Crippen LogP contribution in [0.2, 0.25) is 0 Å². The molecule has 0 saturated carbocycles. The molecule has 1 atom stereocenters. The molecule has 0 bridgehead atoms. The Kier molecular flexibility index (Phi) is 6.75. The second-order valence-electron chi connectivity index (χ2n) is 7.50. The summed E-state index contributed by atoms with van der Waals surface area (Å²) in [5.41, 5.74) is 4.57. The van der Waals surface area contributed by atoms with Crippen LogP contribution in [0.25, 0.3) is 11.2 Å². The van der Waals surface area contributed by atoms with E-state index < -0.39 is 6.04 Å². The highest BCUT2D eigenvalue weighted by Gasteiger charge is 2.26. The molecule has 0 aliphatic rings. The fourth-order valence-electron chi connectivity index (χ4n) is 3.57. The van der Waals surface area contributed by atoms with E-state index in [4.69, 9.17) is 9.72 Å². The van der Waals surface area contributed by atoms with Crippen molar-refractivity contribution >= 4 is 34.5 Å². The summed E-state index contributed by atoms with van der Waals surface area (Å²) in [6.45, 7) is 4.07. The maximum Gasteiger partial charge on any atom is 0.247 e. The summed E-state index contributed by atoms with van der Waals surface area (Å²) in [6.07, 6.45) is 2.33. The molecule has 6 nitrogen and oxygen atoms in total. The van der Waals surface area contributed by atoms with Crippen molar-refractivity contribution in [2.75, 3.05) is 12.4 Å². The van der Waals surface area contributed by atoms with E-state index >= 15 is 0 Å². The van der Waals surface area contributed by atoms with Gasteiger partial charge in [-0.05, 0) is 43.2 Å². The zero-order chi connectivity index (χ0) is 22.5. The first-order valence-corrected chi connectivity index (χ1v) is 11.5. The number of hydrogen-bond donors (Lipinski definition) is 1. The molecular formula is C25H26N4O2S. The van der Waals surface area contributed by atoms with E-state index in [-0.39, 0.29) is 5.91 Å². The van der Waals surface area contributed by atoms with Crippen molar-refractivity contribution in [1.82, 2.24) is 14.5 Å². The van der Waals surface area contributed by atoms with Crippen molar-refractivity contribution in [3.05, 3.63) is 78.0 Å². The van der Waals surface area contributed by atoms with Gasteiger partial charge in [-0.2, -0.15) is 0 Å². The number of aromatic nitrogens is 3. The average molecular weight is 447 g/mol. The minimum Gasteiger partial charge on any atom is -0.495 e. The Morgan fingerprint density at radius 3 is 2.66 bits per heavy atom. The lowest BCUT2D eigenvalue weighted by molar-refractivity contribution is -0.119. The predicted octanol–water partition coefficient (Wildman–Crippen LogP) is 5.63. The van der Waals surface area contributed by atoms with Gasteiger partial charge in [0.05, 0.1) is 12.8 Å². The summed E-state index contributed by atoms with van der Waals surface area (Å²) in [4.78, 5) is 22.7. The summed E-state index contributed by atoms with van der Waals surface area (Å²) >= 11 is 1.61. The molecule has 0 aliphatic carbocycles. The number of carbonyl (C=O) groups is 1. The molecule has 164 valence electrons. The zero-order valence-electron chi connectivity index (χ0n) is 18.4. The second kappa shape index (κ2) is 9.87. The molecule has 2 aromatic heterocycles. The molecule has 0 unspecified atom stereocenters. The highest BCUT2D eigenvalue weighted by Crippen LogP contribution is 2.32. The number of amides is 1. The first-order valence-electron chi connectivity index (χ1n) is 10.6. The van der Waals surface area contributed by atoms with Gasteiger partial charge in [0.2, 0.25) is 5.91 Å². The van der Waals surface area contributed by atoms with Gasteiger partial charge >= 0.3 is 0 Å². The van der Waals surface area contributed by atoms with E-state index in [1.54, 1.807) is 25.1 Å². The quantitative estimate of drug-likeness (QED) is 0.355. The Bertz CT molecular complexity index is 1220. The van der Waals surface area contributed by atoms with Crippen LogP contribution in [-0.4, -0.2) is 27.6 Å². The molecule has 7 heteroatoms. The fourth-order valence-corrected chi connectivity index (χ4v) is 4.58. The van der Waals surface area contributed by atoms with Gasteiger partial charge in [-0.1, -0.05) is 60.6 Å². The van der Waals surface area contributed by atoms with Crippen LogP contribution in [0.4, 0.5) is 5.69 Å². The van der Waals surface area contributed by atoms with E-state index in [9.17, 15) is 4.79 Å². The number of anilines is 1. The molecule has 2 heterocycles. The molecule has 0 radical (unpaired) electrons. The van der Waals surface area contributed by atoms with Gasteiger partial charge in [-0.25, -0.2) is 9.97 Å². The minimum absolute atomic E-state index is 0.126. The van der Waals surface area contributed by atoms with Gasteiger partial charge < -0.3 is 10.1 Å². The number of imidazole rings is 1. The summed E-state index contributed by atoms with van der Waals surface area (Å²) in [5, 5.41) is 3.80. The van der Waals surface area contributed by atoms with Crippen LogP contribution in [0.15, 0.2) is 72.0 Å². The predicted molar refractivity (Wildman–Crippen MR) is 129 cm³/mol. The van der Waals surface area contributed by atoms with E-state index in [1.165, 1.54) is 11.1 Å². The number of ether oxygens (including phenoxy) is 1. The van der Waals surface area contributed by atoms with Crippen molar-refractivity contribution in [2.24, 2.45) is 0 Å². The second-order valence-corrected chi connectivity index (χ2v) is 8.44. The van der Waals surface area contributed by atoms with Crippen LogP contribution in [-0.2, 0) is 10.5 Å². The topological polar surface area (TPSA) is 69.0 Å². The van der Waals surface area contributed by atoms with Gasteiger partial charge in [0.25, 0.3) is 0 Å². The van der Waals surface area contributed by atoms with Gasteiger partial charge in [0, 0.05) is 11.9 Å². The SMILES string of the molecule is CC[C@@H](C(=O)Nc1ccccc1OC)n1c(SCc2ccc(C)cc2)nc2cccnc21. The Balaban J connectivity index is 1.66. The van der Waals surface area contributed by atoms with Crippen molar-refractivity contribution in [2.45, 2.75) is 37.2 Å². The van der Waals surface area contributed by atoms with E-state index in [0.29, 0.717) is 23.5 Å². The highest BCUT2D eigenvalue weighted by atomic mass is 32.2. The van der Waals surface area contributed by atoms with Crippen LogP contribution >= 0.6 is 11.8 Å². The number of carbonyl (C=O) groups excluding carboxylic acids is 1. The van der Waals surface area contributed by atoms with Crippen molar-refractivity contribution in [3.63, 3.8) is 0 Å². The van der Waals surface area contributed by atoms with Crippen LogP contribution < -0.4 is 10.1 Å². The molecule has 1 N–H and O–H groups in total. The Hall–Kier alpha value is -3.32. The number of thioether (sulfide) groups is 1. The summed E-state index contributed by atoms with van der Waals surface area (Å²) in [7, 11) is 1.59. The van der Waals surface area contributed by atoms with E-state index in [2.05, 4.69) is 41.5 Å². The average Bonchev–Trinajstić information content (AvgIpc) is 3.18. The Morgan fingerprint density at radius 1 is 1.12 bits per heavy atom. The lowest BCUT2D eigenvalue weighted by Gasteiger charge is -2.20. The van der Waals surface area contributed by atoms with Crippen LogP contribution in [0.3, 0.4) is 0 Å². The zero-order valence-corrected chi connectivity index (χ0v) is 19.2. The lowest BCUT2D eigenvalue weighted by Crippen LogP contribution is -2.26. The molecule has 4 rings (SSSR count). The number of methoxy groups -OCH3 is 1. The highest BCUT2D eigenvalue weighted by molar-refractivity contribution is 7.98. The van der Waals surface area contributed by atoms with Crippen LogP contribution in [0.1, 0.15) is 30.5 Å². The van der Waals surface area contributed by atoms with E-state index in [0.717, 1.165) is 16.4 Å². The maximum absolute atomic E-state index is 13.4. The fraction of sp³-hybridized carbons (Fsp3) is 0.240. The number of hydrogen-bond acceptors (Lipinski definition) is 5. The summed E-state index contributed by atoms with van der Waals surface area (Å²) in [6, 6.07) is 19.2. The third-order valence-electron chi connectivity index (χ3n) is 5.27. The molecule has 32 heavy (non-hydrogen) atoms. The van der Waals surface area contributed by atoms with E-state index in [1.807, 2.05) is 47.9 Å². The Labute approximate surface area is 192 Å². The third-order valence-corrected chi connectivity index (χ3v) is 6.29. The standard InChI is InChI=1S/C25H26N4O2S/c1-4-21(24(30)27-19-8-5-6-10-22(19)31-3)29-23-20(9-7-15-26-23)28-25(29)32-16-18-13-11-17(2)12-14-18/h5-15,21H,4,16H2,1-3H3,(H,27,30)/t21-/m0/s1. The largest absolute Gasteiger partial charge is 0.495 e. The molecule has 1 amide bonds. The first-order chi connectivity index (χ1) is 15.6. The smallest absolute Gasteiger partial charge is 0.247 e. The molecule has 4 aromatic rings. The van der Waals surface area contributed by atoms with Gasteiger partial charge in [-0.15, -0.1) is 0 Å². The number of pyridine rings is 1. The number of aryl methyl sites for hydroxylation is 1. The number of para-hydroxylation sites is 2. The number of benzene rings is 2. The third kappa shape index (κ3) is 4.62. The van der Waals surface area contributed by atoms with Crippen LogP contribution in [0, 0.1) is 6.92 Å². The molecule has 0 aliphatic heterocycles. The number of nitrogens with one attached hydrogen (secondary N) is 1. The van der Waals surface area contributed by atoms with Crippen molar-refractivity contribution in [3.8, 4) is 5.75 Å². The molecular weight excluding hydrogens is 420 g/mol. The minimum atomic E-state index is -0.458. The summed E-state index contributed by atoms with van der Waals surface area (Å²) < 4.78 is 7.35. The molecule has 2 aromatic carbocycles. The Morgan fingerprint density at radius 2 is 1.91 bits per heavy atom. The number of rotatable bonds is 8. The number of nitrogens with zero attached hydrogens (tertiary/aromatic N) is 3. The van der Waals surface area contributed by atoms with Gasteiger partial charge in [0.15, 0.2) is 10.8 Å². The lowest BCUT2D eigenvalue weighted by atomic mass is 10.2.